The summed E-state index contributed by atoms with van der Waals surface area (Å²) < 4.78 is 5.59. The number of carboxylic acids is 1. The average Bonchev–Trinajstić information content (AvgIpc) is 2.93. The fraction of sp³-hybridized carbons (Fsp3) is 0.286. The number of aromatic amines is 1. The van der Waals surface area contributed by atoms with Gasteiger partial charge in [-0.2, -0.15) is 0 Å². The highest BCUT2D eigenvalue weighted by molar-refractivity contribution is 5.95. The van der Waals surface area contributed by atoms with Crippen molar-refractivity contribution in [2.24, 2.45) is 0 Å². The van der Waals surface area contributed by atoms with Gasteiger partial charge in [0.15, 0.2) is 0 Å². The predicted molar refractivity (Wildman–Crippen MR) is 100 cm³/mol. The van der Waals surface area contributed by atoms with Crippen molar-refractivity contribution in [1.82, 2.24) is 4.98 Å². The van der Waals surface area contributed by atoms with E-state index in [1.54, 1.807) is 0 Å². The Bertz CT molecular complexity index is 909. The molecule has 3 rings (SSSR count). The lowest BCUT2D eigenvalue weighted by Gasteiger charge is -2.07. The third-order valence-electron chi connectivity index (χ3n) is 4.36. The Labute approximate surface area is 147 Å². The van der Waals surface area contributed by atoms with E-state index in [9.17, 15) is 9.90 Å². The quantitative estimate of drug-likeness (QED) is 0.666. The first-order chi connectivity index (χ1) is 12.0. The Balaban J connectivity index is 2.24. The Morgan fingerprint density at radius 2 is 1.96 bits per heavy atom. The number of hydrogen-bond donors (Lipinski definition) is 2. The fourth-order valence-electron chi connectivity index (χ4n) is 3.27. The maximum absolute atomic E-state index is 11.4. The van der Waals surface area contributed by atoms with Crippen molar-refractivity contribution >= 4 is 16.9 Å². The summed E-state index contributed by atoms with van der Waals surface area (Å²) >= 11 is 0. The van der Waals surface area contributed by atoms with E-state index in [0.29, 0.717) is 12.5 Å². The Kier molecular flexibility index (Phi) is 4.79. The van der Waals surface area contributed by atoms with Crippen molar-refractivity contribution in [3.63, 3.8) is 0 Å². The molecule has 2 N–H and O–H groups in total. The van der Waals surface area contributed by atoms with Crippen molar-refractivity contribution < 1.29 is 14.6 Å². The summed E-state index contributed by atoms with van der Waals surface area (Å²) in [6, 6.07) is 13.9. The van der Waals surface area contributed by atoms with Crippen LogP contribution in [0.2, 0.25) is 0 Å². The minimum Gasteiger partial charge on any atom is -0.494 e. The molecule has 0 unspecified atom stereocenters. The van der Waals surface area contributed by atoms with Crippen LogP contribution in [0.25, 0.3) is 22.2 Å². The molecular formula is C21H23NO3. The second kappa shape index (κ2) is 7.01. The number of para-hydroxylation sites is 1. The minimum atomic E-state index is -0.835. The van der Waals surface area contributed by atoms with E-state index in [4.69, 9.17) is 4.74 Å². The number of fused-ring (bicyclic) bond motifs is 1. The maximum atomic E-state index is 11.4. The van der Waals surface area contributed by atoms with Crippen LogP contribution in [0.3, 0.4) is 0 Å². The largest absolute Gasteiger partial charge is 0.494 e. The van der Waals surface area contributed by atoms with Crippen LogP contribution in [0.4, 0.5) is 0 Å². The first-order valence-corrected chi connectivity index (χ1v) is 8.59. The molecule has 25 heavy (non-hydrogen) atoms. The van der Waals surface area contributed by atoms with Gasteiger partial charge in [0.1, 0.15) is 5.75 Å². The molecule has 4 heteroatoms. The number of carboxylic acid groups (broad SMARTS) is 1. The van der Waals surface area contributed by atoms with E-state index in [0.717, 1.165) is 33.5 Å². The minimum absolute atomic E-state index is 0.0181. The third-order valence-corrected chi connectivity index (χ3v) is 4.36. The number of aliphatic carboxylic acids is 1. The molecule has 0 bridgehead atoms. The summed E-state index contributed by atoms with van der Waals surface area (Å²) in [6.45, 7) is 6.82. The molecule has 0 radical (unpaired) electrons. The summed E-state index contributed by atoms with van der Waals surface area (Å²) in [7, 11) is 0. The zero-order valence-corrected chi connectivity index (χ0v) is 14.8. The first kappa shape index (κ1) is 17.1. The van der Waals surface area contributed by atoms with Crippen LogP contribution in [0.15, 0.2) is 42.5 Å². The van der Waals surface area contributed by atoms with Crippen molar-refractivity contribution in [1.29, 1.82) is 0 Å². The van der Waals surface area contributed by atoms with Crippen LogP contribution in [-0.2, 0) is 11.2 Å². The van der Waals surface area contributed by atoms with Crippen LogP contribution in [0.5, 0.6) is 5.75 Å². The number of aromatic nitrogens is 1. The molecule has 0 atom stereocenters. The van der Waals surface area contributed by atoms with Crippen molar-refractivity contribution in [2.75, 3.05) is 6.61 Å². The van der Waals surface area contributed by atoms with Gasteiger partial charge in [0.2, 0.25) is 0 Å². The SMILES string of the molecule is CCOc1cccc(-c2[nH]c3c(C(C)C)cccc3c2CC(=O)O)c1. The Morgan fingerprint density at radius 1 is 1.20 bits per heavy atom. The lowest BCUT2D eigenvalue weighted by Crippen LogP contribution is -2.01. The zero-order chi connectivity index (χ0) is 18.0. The van der Waals surface area contributed by atoms with Crippen molar-refractivity contribution in [3.05, 3.63) is 53.6 Å². The van der Waals surface area contributed by atoms with Gasteiger partial charge in [0.05, 0.1) is 18.7 Å². The molecule has 0 aliphatic heterocycles. The highest BCUT2D eigenvalue weighted by atomic mass is 16.5. The van der Waals surface area contributed by atoms with Gasteiger partial charge >= 0.3 is 5.97 Å². The number of nitrogens with one attached hydrogen (secondary N) is 1. The van der Waals surface area contributed by atoms with Crippen LogP contribution in [0.1, 0.15) is 37.8 Å². The van der Waals surface area contributed by atoms with Crippen LogP contribution in [0, 0.1) is 0 Å². The van der Waals surface area contributed by atoms with Gasteiger partial charge in [-0.1, -0.05) is 44.2 Å². The average molecular weight is 337 g/mol. The highest BCUT2D eigenvalue weighted by Crippen LogP contribution is 2.35. The molecule has 1 heterocycles. The van der Waals surface area contributed by atoms with Gasteiger partial charge in [-0.3, -0.25) is 4.79 Å². The van der Waals surface area contributed by atoms with Crippen LogP contribution < -0.4 is 4.74 Å². The topological polar surface area (TPSA) is 62.3 Å². The second-order valence-corrected chi connectivity index (χ2v) is 6.43. The molecule has 1 aromatic heterocycles. The lowest BCUT2D eigenvalue weighted by atomic mass is 9.98. The normalized spacial score (nSPS) is 11.2. The molecule has 0 amide bonds. The van der Waals surface area contributed by atoms with E-state index >= 15 is 0 Å². The molecule has 0 aliphatic rings. The molecule has 0 spiro atoms. The van der Waals surface area contributed by atoms with Crippen molar-refractivity contribution in [3.8, 4) is 17.0 Å². The highest BCUT2D eigenvalue weighted by Gasteiger charge is 2.18. The number of ether oxygens (including phenoxy) is 1. The van der Waals surface area contributed by atoms with Gasteiger partial charge in [-0.05, 0) is 36.1 Å². The van der Waals surface area contributed by atoms with Gasteiger partial charge < -0.3 is 14.8 Å². The van der Waals surface area contributed by atoms with E-state index in [-0.39, 0.29) is 6.42 Å². The Morgan fingerprint density at radius 3 is 2.64 bits per heavy atom. The number of rotatable bonds is 6. The Hall–Kier alpha value is -2.75. The van der Waals surface area contributed by atoms with Gasteiger partial charge in [0, 0.05) is 16.5 Å². The van der Waals surface area contributed by atoms with Gasteiger partial charge in [-0.15, -0.1) is 0 Å². The third kappa shape index (κ3) is 3.38. The smallest absolute Gasteiger partial charge is 0.307 e. The molecule has 0 saturated carbocycles. The van der Waals surface area contributed by atoms with Gasteiger partial charge in [0.25, 0.3) is 0 Å². The molecule has 0 saturated heterocycles. The van der Waals surface area contributed by atoms with E-state index < -0.39 is 5.97 Å². The van der Waals surface area contributed by atoms with Crippen LogP contribution >= 0.6 is 0 Å². The van der Waals surface area contributed by atoms with E-state index in [1.165, 1.54) is 5.56 Å². The summed E-state index contributed by atoms with van der Waals surface area (Å²) in [5, 5.41) is 10.4. The fourth-order valence-corrected chi connectivity index (χ4v) is 3.27. The van der Waals surface area contributed by atoms with Gasteiger partial charge in [-0.25, -0.2) is 0 Å². The monoisotopic (exact) mass is 337 g/mol. The summed E-state index contributed by atoms with van der Waals surface area (Å²) in [5.41, 5.74) is 4.82. The summed E-state index contributed by atoms with van der Waals surface area (Å²) in [5.74, 6) is 0.296. The van der Waals surface area contributed by atoms with Crippen molar-refractivity contribution in [2.45, 2.75) is 33.1 Å². The molecule has 0 fully saturated rings. The standard InChI is InChI=1S/C21H23NO3/c1-4-25-15-8-5-7-14(11-15)20-18(12-19(23)24)17-10-6-9-16(13(2)3)21(17)22-20/h5-11,13,22H,4,12H2,1-3H3,(H,23,24). The zero-order valence-electron chi connectivity index (χ0n) is 14.8. The predicted octanol–water partition coefficient (Wildman–Crippen LogP) is 4.98. The van der Waals surface area contributed by atoms with E-state index in [2.05, 4.69) is 24.9 Å². The second-order valence-electron chi connectivity index (χ2n) is 6.43. The summed E-state index contributed by atoms with van der Waals surface area (Å²) in [6.07, 6.45) is -0.0181. The molecule has 2 aromatic carbocycles. The maximum Gasteiger partial charge on any atom is 0.307 e. The molecule has 0 aliphatic carbocycles. The van der Waals surface area contributed by atoms with E-state index in [1.807, 2.05) is 43.3 Å². The summed E-state index contributed by atoms with van der Waals surface area (Å²) in [4.78, 5) is 14.9. The lowest BCUT2D eigenvalue weighted by molar-refractivity contribution is -0.136. The number of carbonyl (C=O) groups is 1. The van der Waals surface area contributed by atoms with Crippen LogP contribution in [-0.4, -0.2) is 22.7 Å². The molecule has 4 nitrogen and oxygen atoms in total. The molecule has 3 aromatic rings. The first-order valence-electron chi connectivity index (χ1n) is 8.59. The molecule has 130 valence electrons. The number of H-pyrrole nitrogens is 1. The molecular weight excluding hydrogens is 314 g/mol. The number of hydrogen-bond acceptors (Lipinski definition) is 2. The number of benzene rings is 2.